The van der Waals surface area contributed by atoms with Crippen molar-refractivity contribution >= 4 is 39.9 Å². The van der Waals surface area contributed by atoms with Gasteiger partial charge in [0.2, 0.25) is 0 Å². The van der Waals surface area contributed by atoms with Crippen LogP contribution in [-0.4, -0.2) is 41.0 Å². The van der Waals surface area contributed by atoms with E-state index in [1.807, 2.05) is 31.2 Å². The molecule has 1 amide bonds. The summed E-state index contributed by atoms with van der Waals surface area (Å²) in [7, 11) is 0. The highest BCUT2D eigenvalue weighted by molar-refractivity contribution is 7.17. The van der Waals surface area contributed by atoms with Crippen LogP contribution in [0.5, 0.6) is 5.75 Å². The summed E-state index contributed by atoms with van der Waals surface area (Å²) in [5.41, 5.74) is 2.46. The van der Waals surface area contributed by atoms with Gasteiger partial charge in [0.1, 0.15) is 16.4 Å². The lowest BCUT2D eigenvalue weighted by Crippen LogP contribution is -2.29. The number of thiazole rings is 1. The number of hydrogen-bond acceptors (Lipinski definition) is 8. The average molecular weight is 549 g/mol. The highest BCUT2D eigenvalue weighted by Crippen LogP contribution is 2.44. The van der Waals surface area contributed by atoms with Crippen molar-refractivity contribution in [1.29, 1.82) is 0 Å². The van der Waals surface area contributed by atoms with E-state index in [1.54, 1.807) is 38.1 Å². The Balaban J connectivity index is 1.81. The van der Waals surface area contributed by atoms with E-state index in [0.717, 1.165) is 36.2 Å². The minimum absolute atomic E-state index is 0.0468. The standard InChI is InChI=1S/C30H32N2O6S/c1-5-8-17-38-22-15-13-21(14-16-22)25(33)23-24(20-11-9-19(6-2)10-12-20)32(28(35)26(23)34)30-31-18(4)27(39-30)29(36)37-7-3/h9-16,24,33H,5-8,17H2,1-4H3. The third-order valence-electron chi connectivity index (χ3n) is 6.49. The van der Waals surface area contributed by atoms with E-state index in [2.05, 4.69) is 11.9 Å². The van der Waals surface area contributed by atoms with Gasteiger partial charge < -0.3 is 14.6 Å². The third-order valence-corrected chi connectivity index (χ3v) is 7.63. The molecule has 1 aliphatic heterocycles. The van der Waals surface area contributed by atoms with Crippen LogP contribution in [0.3, 0.4) is 0 Å². The minimum atomic E-state index is -0.933. The van der Waals surface area contributed by atoms with Crippen LogP contribution in [0.25, 0.3) is 5.76 Å². The molecule has 1 unspecified atom stereocenters. The smallest absolute Gasteiger partial charge is 0.350 e. The summed E-state index contributed by atoms with van der Waals surface area (Å²) in [4.78, 5) is 45.3. The second kappa shape index (κ2) is 12.3. The predicted octanol–water partition coefficient (Wildman–Crippen LogP) is 6.00. The van der Waals surface area contributed by atoms with Crippen molar-refractivity contribution < 1.29 is 29.0 Å². The van der Waals surface area contributed by atoms with Crippen molar-refractivity contribution in [1.82, 2.24) is 4.98 Å². The quantitative estimate of drug-likeness (QED) is 0.109. The van der Waals surface area contributed by atoms with Crippen LogP contribution < -0.4 is 9.64 Å². The fourth-order valence-corrected chi connectivity index (χ4v) is 5.34. The second-order valence-corrected chi connectivity index (χ2v) is 10.1. The summed E-state index contributed by atoms with van der Waals surface area (Å²) in [6.07, 6.45) is 2.76. The first kappa shape index (κ1) is 28.0. The lowest BCUT2D eigenvalue weighted by atomic mass is 9.94. The predicted molar refractivity (Wildman–Crippen MR) is 150 cm³/mol. The Morgan fingerprint density at radius 3 is 2.36 bits per heavy atom. The van der Waals surface area contributed by atoms with Gasteiger partial charge in [-0.05, 0) is 62.1 Å². The van der Waals surface area contributed by atoms with Crippen LogP contribution in [0.15, 0.2) is 54.1 Å². The summed E-state index contributed by atoms with van der Waals surface area (Å²) >= 11 is 0.984. The Kier molecular flexibility index (Phi) is 8.81. The summed E-state index contributed by atoms with van der Waals surface area (Å²) in [5, 5.41) is 11.6. The molecule has 0 bridgehead atoms. The zero-order valence-corrected chi connectivity index (χ0v) is 23.3. The van der Waals surface area contributed by atoms with Gasteiger partial charge in [0, 0.05) is 5.56 Å². The largest absolute Gasteiger partial charge is 0.507 e. The zero-order chi connectivity index (χ0) is 28.1. The molecule has 1 aromatic heterocycles. The Morgan fingerprint density at radius 1 is 1.05 bits per heavy atom. The number of aliphatic hydroxyl groups excluding tert-OH is 1. The van der Waals surface area contributed by atoms with Gasteiger partial charge in [-0.1, -0.05) is 55.9 Å². The number of benzene rings is 2. The van der Waals surface area contributed by atoms with Gasteiger partial charge in [0.25, 0.3) is 5.78 Å². The number of ether oxygens (including phenoxy) is 2. The van der Waals surface area contributed by atoms with Crippen LogP contribution in [0.2, 0.25) is 0 Å². The van der Waals surface area contributed by atoms with Crippen molar-refractivity contribution in [2.75, 3.05) is 18.1 Å². The van der Waals surface area contributed by atoms with E-state index in [9.17, 15) is 19.5 Å². The number of aromatic nitrogens is 1. The van der Waals surface area contributed by atoms with Crippen molar-refractivity contribution in [3.8, 4) is 5.75 Å². The van der Waals surface area contributed by atoms with Gasteiger partial charge in [-0.25, -0.2) is 9.78 Å². The van der Waals surface area contributed by atoms with Crippen LogP contribution in [0, 0.1) is 6.92 Å². The molecule has 204 valence electrons. The summed E-state index contributed by atoms with van der Waals surface area (Å²) in [6.45, 7) is 8.25. The first-order valence-corrected chi connectivity index (χ1v) is 13.9. The molecule has 0 saturated carbocycles. The zero-order valence-electron chi connectivity index (χ0n) is 22.5. The maximum Gasteiger partial charge on any atom is 0.350 e. The molecule has 39 heavy (non-hydrogen) atoms. The molecule has 3 aromatic rings. The van der Waals surface area contributed by atoms with E-state index in [-0.39, 0.29) is 27.9 Å². The van der Waals surface area contributed by atoms with Crippen molar-refractivity contribution in [2.24, 2.45) is 0 Å². The fourth-order valence-electron chi connectivity index (χ4n) is 4.35. The molecule has 0 spiro atoms. The van der Waals surface area contributed by atoms with E-state index in [0.29, 0.717) is 29.2 Å². The summed E-state index contributed by atoms with van der Waals surface area (Å²) in [5.74, 6) is -1.84. The molecular formula is C30H32N2O6S. The number of aliphatic hydroxyl groups is 1. The maximum atomic E-state index is 13.4. The molecule has 1 atom stereocenters. The topological polar surface area (TPSA) is 106 Å². The number of unbranched alkanes of at least 4 members (excludes halogenated alkanes) is 1. The molecule has 1 fully saturated rings. The Hall–Kier alpha value is -3.98. The molecule has 2 aromatic carbocycles. The molecule has 2 heterocycles. The molecular weight excluding hydrogens is 516 g/mol. The molecule has 1 saturated heterocycles. The molecule has 1 N–H and O–H groups in total. The Morgan fingerprint density at radius 2 is 1.74 bits per heavy atom. The number of Topliss-reactive ketones (excluding diaryl/α,β-unsaturated/α-hetero) is 1. The van der Waals surface area contributed by atoms with Crippen LogP contribution in [0.4, 0.5) is 5.13 Å². The average Bonchev–Trinajstić information content (AvgIpc) is 3.45. The van der Waals surface area contributed by atoms with Gasteiger partial charge in [0.05, 0.1) is 30.5 Å². The molecule has 0 radical (unpaired) electrons. The number of hydrogen-bond donors (Lipinski definition) is 1. The number of rotatable bonds is 10. The number of nitrogens with zero attached hydrogens (tertiary/aromatic N) is 2. The lowest BCUT2D eigenvalue weighted by molar-refractivity contribution is -0.132. The summed E-state index contributed by atoms with van der Waals surface area (Å²) in [6, 6.07) is 13.4. The van der Waals surface area contributed by atoms with Crippen LogP contribution in [0.1, 0.15) is 71.7 Å². The first-order valence-electron chi connectivity index (χ1n) is 13.1. The number of amides is 1. The number of carbonyl (C=O) groups is 3. The normalized spacial score (nSPS) is 16.5. The number of ketones is 1. The number of carbonyl (C=O) groups excluding carboxylic acids is 3. The number of anilines is 1. The third kappa shape index (κ3) is 5.73. The fraction of sp³-hybridized carbons (Fsp3) is 0.333. The van der Waals surface area contributed by atoms with Crippen molar-refractivity contribution in [3.63, 3.8) is 0 Å². The second-order valence-electron chi connectivity index (χ2n) is 9.12. The monoisotopic (exact) mass is 548 g/mol. The van der Waals surface area contributed by atoms with Gasteiger partial charge >= 0.3 is 11.9 Å². The van der Waals surface area contributed by atoms with Gasteiger partial charge in [0.15, 0.2) is 5.13 Å². The highest BCUT2D eigenvalue weighted by Gasteiger charge is 2.48. The van der Waals surface area contributed by atoms with Crippen molar-refractivity contribution in [2.45, 2.75) is 53.0 Å². The molecule has 0 aliphatic carbocycles. The molecule has 9 heteroatoms. The number of esters is 1. The highest BCUT2D eigenvalue weighted by atomic mass is 32.1. The van der Waals surface area contributed by atoms with Gasteiger partial charge in [-0.15, -0.1) is 0 Å². The van der Waals surface area contributed by atoms with E-state index < -0.39 is 23.7 Å². The van der Waals surface area contributed by atoms with Gasteiger partial charge in [-0.2, -0.15) is 0 Å². The van der Waals surface area contributed by atoms with Crippen molar-refractivity contribution in [3.05, 3.63) is 81.4 Å². The minimum Gasteiger partial charge on any atom is -0.507 e. The maximum absolute atomic E-state index is 13.4. The lowest BCUT2D eigenvalue weighted by Gasteiger charge is -2.23. The summed E-state index contributed by atoms with van der Waals surface area (Å²) < 4.78 is 10.8. The molecule has 8 nitrogen and oxygen atoms in total. The van der Waals surface area contributed by atoms with Gasteiger partial charge in [-0.3, -0.25) is 14.5 Å². The molecule has 1 aliphatic rings. The van der Waals surface area contributed by atoms with Crippen LogP contribution in [-0.2, 0) is 20.7 Å². The SMILES string of the molecule is CCCCOc1ccc(C(O)=C2C(=O)C(=O)N(c3nc(C)c(C(=O)OCC)s3)C2c2ccc(CC)cc2)cc1. The molecule has 4 rings (SSSR count). The Labute approximate surface area is 231 Å². The first-order chi connectivity index (χ1) is 18.8. The van der Waals surface area contributed by atoms with E-state index >= 15 is 0 Å². The van der Waals surface area contributed by atoms with Crippen LogP contribution >= 0.6 is 11.3 Å². The van der Waals surface area contributed by atoms with E-state index in [4.69, 9.17) is 9.47 Å². The Bertz CT molecular complexity index is 1390. The number of aryl methyl sites for hydroxylation is 2. The van der Waals surface area contributed by atoms with E-state index in [1.165, 1.54) is 4.90 Å².